The van der Waals surface area contributed by atoms with E-state index >= 15 is 0 Å². The molecule has 29 heavy (non-hydrogen) atoms. The summed E-state index contributed by atoms with van der Waals surface area (Å²) in [4.78, 5) is 0. The summed E-state index contributed by atoms with van der Waals surface area (Å²) in [5, 5.41) is 3.46. The van der Waals surface area contributed by atoms with Gasteiger partial charge in [-0.05, 0) is 54.6 Å². The molecular weight excluding hydrogens is 396 g/mol. The second kappa shape index (κ2) is 7.02. The van der Waals surface area contributed by atoms with Crippen LogP contribution in [0.4, 0.5) is 26.3 Å². The molecule has 3 atom stereocenters. The van der Waals surface area contributed by atoms with Crippen LogP contribution in [0.3, 0.4) is 0 Å². The van der Waals surface area contributed by atoms with Crippen LogP contribution in [0.1, 0.15) is 35.1 Å². The summed E-state index contributed by atoms with van der Waals surface area (Å²) >= 11 is 0. The number of fused-ring (bicyclic) bond motifs is 2. The van der Waals surface area contributed by atoms with Crippen molar-refractivity contribution in [3.05, 3.63) is 70.8 Å². The van der Waals surface area contributed by atoms with Gasteiger partial charge in [-0.2, -0.15) is 26.3 Å². The highest BCUT2D eigenvalue weighted by Crippen LogP contribution is 2.48. The van der Waals surface area contributed by atoms with Gasteiger partial charge in [0.1, 0.15) is 0 Å². The molecule has 1 N–H and O–H groups in total. The first-order valence-corrected chi connectivity index (χ1v) is 9.28. The topological polar surface area (TPSA) is 21.3 Å². The molecule has 2 bridgehead atoms. The van der Waals surface area contributed by atoms with Crippen LogP contribution in [0.25, 0.3) is 0 Å². The lowest BCUT2D eigenvalue weighted by Crippen LogP contribution is -2.49. The van der Waals surface area contributed by atoms with Gasteiger partial charge < -0.3 is 10.1 Å². The molecule has 2 aliphatic rings. The summed E-state index contributed by atoms with van der Waals surface area (Å²) < 4.78 is 84.3. The van der Waals surface area contributed by atoms with Crippen LogP contribution < -0.4 is 5.32 Å². The van der Waals surface area contributed by atoms with Gasteiger partial charge in [0.2, 0.25) is 0 Å². The summed E-state index contributed by atoms with van der Waals surface area (Å²) in [7, 11) is 0. The smallest absolute Gasteiger partial charge is 0.371 e. The minimum Gasteiger partial charge on any atom is -0.371 e. The predicted molar refractivity (Wildman–Crippen MR) is 93.9 cm³/mol. The number of nitrogens with one attached hydrogen (secondary N) is 1. The van der Waals surface area contributed by atoms with E-state index in [1.165, 1.54) is 0 Å². The van der Waals surface area contributed by atoms with Crippen molar-refractivity contribution in [2.75, 3.05) is 6.54 Å². The Hall–Kier alpha value is -2.06. The van der Waals surface area contributed by atoms with E-state index in [1.807, 2.05) is 30.3 Å². The Labute approximate surface area is 163 Å². The van der Waals surface area contributed by atoms with Gasteiger partial charge in [-0.25, -0.2) is 0 Å². The second-order valence-electron chi connectivity index (χ2n) is 7.74. The van der Waals surface area contributed by atoms with Crippen LogP contribution in [-0.2, 0) is 29.2 Å². The number of ether oxygens (including phenoxy) is 1. The minimum absolute atomic E-state index is 0.133. The van der Waals surface area contributed by atoms with Crippen LogP contribution in [0.15, 0.2) is 48.5 Å². The third kappa shape index (κ3) is 3.88. The molecule has 1 heterocycles. The third-order valence-corrected chi connectivity index (χ3v) is 5.80. The fraction of sp³-hybridized carbons (Fsp3) is 0.429. The Kier molecular flexibility index (Phi) is 4.90. The van der Waals surface area contributed by atoms with Gasteiger partial charge >= 0.3 is 12.4 Å². The SMILES string of the molecule is FC(F)(F)c1cc(CO[C@@H]2C[C@H]3CNC2(c2ccccc2)C3)cc(C(F)(F)F)c1. The molecule has 1 aliphatic heterocycles. The first-order valence-electron chi connectivity index (χ1n) is 9.28. The molecule has 2 fully saturated rings. The Balaban J connectivity index is 1.59. The average Bonchev–Trinajstić information content (AvgIpc) is 3.25. The summed E-state index contributed by atoms with van der Waals surface area (Å²) in [6, 6.07) is 11.2. The predicted octanol–water partition coefficient (Wildman–Crippen LogP) is 5.52. The Morgan fingerprint density at radius 1 is 0.931 bits per heavy atom. The first-order chi connectivity index (χ1) is 13.6. The standard InChI is InChI=1S/C21H19F6NO/c22-20(23,24)16-6-13(7-17(9-16)21(25,26)27)12-29-18-8-14-10-19(18,28-11-14)15-4-2-1-3-5-15/h1-7,9,14,18,28H,8,10-12H2/t14-,18-,19?/m1/s1. The van der Waals surface area contributed by atoms with E-state index in [0.717, 1.165) is 30.7 Å². The van der Waals surface area contributed by atoms with Crippen molar-refractivity contribution in [1.29, 1.82) is 0 Å². The molecule has 0 radical (unpaired) electrons. The number of hydrogen-bond acceptors (Lipinski definition) is 2. The van der Waals surface area contributed by atoms with Crippen molar-refractivity contribution in [2.24, 2.45) is 5.92 Å². The minimum atomic E-state index is -4.87. The van der Waals surface area contributed by atoms with Crippen molar-refractivity contribution in [1.82, 2.24) is 5.32 Å². The van der Waals surface area contributed by atoms with Crippen LogP contribution in [0.2, 0.25) is 0 Å². The van der Waals surface area contributed by atoms with E-state index in [9.17, 15) is 26.3 Å². The molecule has 1 unspecified atom stereocenters. The fourth-order valence-corrected chi connectivity index (χ4v) is 4.49. The van der Waals surface area contributed by atoms with E-state index in [2.05, 4.69) is 5.32 Å². The van der Waals surface area contributed by atoms with Crippen LogP contribution >= 0.6 is 0 Å². The molecule has 0 spiro atoms. The number of piperidine rings is 1. The van der Waals surface area contributed by atoms with E-state index < -0.39 is 29.0 Å². The van der Waals surface area contributed by atoms with E-state index in [1.54, 1.807) is 0 Å². The zero-order valence-corrected chi connectivity index (χ0v) is 15.3. The number of alkyl halides is 6. The van der Waals surface area contributed by atoms with E-state index in [-0.39, 0.29) is 24.3 Å². The van der Waals surface area contributed by atoms with Crippen molar-refractivity contribution in [2.45, 2.75) is 43.4 Å². The van der Waals surface area contributed by atoms with Crippen molar-refractivity contribution < 1.29 is 31.1 Å². The quantitative estimate of drug-likeness (QED) is 0.665. The molecule has 8 heteroatoms. The summed E-state index contributed by atoms with van der Waals surface area (Å²) in [6.45, 7) is 0.497. The molecule has 1 aliphatic carbocycles. The molecule has 4 rings (SSSR count). The van der Waals surface area contributed by atoms with Gasteiger partial charge in [-0.1, -0.05) is 30.3 Å². The van der Waals surface area contributed by atoms with Gasteiger partial charge in [0, 0.05) is 0 Å². The average molecular weight is 415 g/mol. The lowest BCUT2D eigenvalue weighted by atomic mass is 9.87. The highest BCUT2D eigenvalue weighted by molar-refractivity contribution is 5.34. The Bertz CT molecular complexity index is 847. The van der Waals surface area contributed by atoms with Crippen LogP contribution in [-0.4, -0.2) is 12.6 Å². The Morgan fingerprint density at radius 3 is 2.10 bits per heavy atom. The molecule has 2 aromatic rings. The van der Waals surface area contributed by atoms with Crippen LogP contribution in [0, 0.1) is 5.92 Å². The van der Waals surface area contributed by atoms with Gasteiger partial charge in [-0.3, -0.25) is 0 Å². The summed E-state index contributed by atoms with van der Waals surface area (Å²) in [5.74, 6) is 0.368. The van der Waals surface area contributed by atoms with Gasteiger partial charge in [-0.15, -0.1) is 0 Å². The van der Waals surface area contributed by atoms with Crippen LogP contribution in [0.5, 0.6) is 0 Å². The molecule has 156 valence electrons. The first kappa shape index (κ1) is 20.2. The molecule has 1 saturated carbocycles. The lowest BCUT2D eigenvalue weighted by Gasteiger charge is -2.36. The van der Waals surface area contributed by atoms with Crippen molar-refractivity contribution >= 4 is 0 Å². The second-order valence-corrected chi connectivity index (χ2v) is 7.74. The number of benzene rings is 2. The molecule has 2 aromatic carbocycles. The monoisotopic (exact) mass is 415 g/mol. The van der Waals surface area contributed by atoms with Gasteiger partial charge in [0.15, 0.2) is 0 Å². The zero-order valence-electron chi connectivity index (χ0n) is 15.3. The van der Waals surface area contributed by atoms with E-state index in [0.29, 0.717) is 12.3 Å². The molecule has 0 amide bonds. The molecule has 1 saturated heterocycles. The lowest BCUT2D eigenvalue weighted by molar-refractivity contribution is -0.143. The Morgan fingerprint density at radius 2 is 1.55 bits per heavy atom. The molecule has 2 nitrogen and oxygen atoms in total. The highest BCUT2D eigenvalue weighted by Gasteiger charge is 2.53. The molecular formula is C21H19F6NO. The summed E-state index contributed by atoms with van der Waals surface area (Å²) in [5.41, 5.74) is -2.23. The van der Waals surface area contributed by atoms with Crippen molar-refractivity contribution in [3.8, 4) is 0 Å². The highest BCUT2D eigenvalue weighted by atomic mass is 19.4. The van der Waals surface area contributed by atoms with Gasteiger partial charge in [0.05, 0.1) is 29.4 Å². The van der Waals surface area contributed by atoms with E-state index in [4.69, 9.17) is 4.74 Å². The third-order valence-electron chi connectivity index (χ3n) is 5.80. The zero-order chi connectivity index (χ0) is 20.9. The maximum absolute atomic E-state index is 13.1. The largest absolute Gasteiger partial charge is 0.416 e. The normalized spacial score (nSPS) is 26.8. The maximum atomic E-state index is 13.1. The fourth-order valence-electron chi connectivity index (χ4n) is 4.49. The number of rotatable bonds is 4. The van der Waals surface area contributed by atoms with Crippen molar-refractivity contribution in [3.63, 3.8) is 0 Å². The maximum Gasteiger partial charge on any atom is 0.416 e. The van der Waals surface area contributed by atoms with Gasteiger partial charge in [0.25, 0.3) is 0 Å². The number of halogens is 6. The summed E-state index contributed by atoms with van der Waals surface area (Å²) in [6.07, 6.45) is -8.51. The number of hydrogen-bond donors (Lipinski definition) is 1. The molecule has 0 aromatic heterocycles.